The number of aliphatic hydroxyl groups is 1. The number of halogens is 1. The third-order valence-electron chi connectivity index (χ3n) is 3.50. The predicted octanol–water partition coefficient (Wildman–Crippen LogP) is 2.83. The fraction of sp³-hybridized carbons (Fsp3) is 0.538. The predicted molar refractivity (Wildman–Crippen MR) is 71.5 cm³/mol. The Bertz CT molecular complexity index is 359. The molecule has 0 fully saturated rings. The van der Waals surface area contributed by atoms with E-state index in [4.69, 9.17) is 5.73 Å². The summed E-state index contributed by atoms with van der Waals surface area (Å²) < 4.78 is 1.04. The maximum absolute atomic E-state index is 9.23. The summed E-state index contributed by atoms with van der Waals surface area (Å²) in [6, 6.07) is 8.13. The maximum atomic E-state index is 9.23. The maximum Gasteiger partial charge on any atom is 0.0440 e. The minimum atomic E-state index is -0.378. The standard InChI is InChI=1S/C13H20BrNO/c1-12(2,15)13(3,7-8-16)10-5-4-6-11(14)9-10/h4-6,9,16H,7-8,15H2,1-3H3. The molecule has 3 N–H and O–H groups in total. The Balaban J connectivity index is 3.21. The van der Waals surface area contributed by atoms with E-state index in [1.54, 1.807) is 0 Å². The van der Waals surface area contributed by atoms with Gasteiger partial charge in [-0.25, -0.2) is 0 Å². The molecule has 2 nitrogen and oxygen atoms in total. The number of nitrogens with two attached hydrogens (primary N) is 1. The van der Waals surface area contributed by atoms with Gasteiger partial charge < -0.3 is 10.8 Å². The summed E-state index contributed by atoms with van der Waals surface area (Å²) in [4.78, 5) is 0. The molecule has 1 unspecified atom stereocenters. The topological polar surface area (TPSA) is 46.2 Å². The quantitative estimate of drug-likeness (QED) is 0.894. The molecule has 0 amide bonds. The molecular formula is C13H20BrNO. The van der Waals surface area contributed by atoms with Crippen LogP contribution < -0.4 is 5.73 Å². The Morgan fingerprint density at radius 1 is 1.31 bits per heavy atom. The molecule has 0 heterocycles. The van der Waals surface area contributed by atoms with Crippen molar-refractivity contribution in [2.24, 2.45) is 5.73 Å². The molecule has 0 saturated heterocycles. The van der Waals surface area contributed by atoms with Crippen LogP contribution in [0.2, 0.25) is 0 Å². The first-order valence-corrected chi connectivity index (χ1v) is 6.26. The van der Waals surface area contributed by atoms with E-state index in [9.17, 15) is 5.11 Å². The van der Waals surface area contributed by atoms with Crippen molar-refractivity contribution in [2.75, 3.05) is 6.61 Å². The average molecular weight is 286 g/mol. The molecule has 0 saturated carbocycles. The third-order valence-corrected chi connectivity index (χ3v) is 3.99. The van der Waals surface area contributed by atoms with Crippen LogP contribution in [0.5, 0.6) is 0 Å². The summed E-state index contributed by atoms with van der Waals surface area (Å²) in [5.41, 5.74) is 6.80. The Hall–Kier alpha value is -0.380. The van der Waals surface area contributed by atoms with Gasteiger partial charge in [0.15, 0.2) is 0 Å². The van der Waals surface area contributed by atoms with Crippen LogP contribution in [0, 0.1) is 0 Å². The van der Waals surface area contributed by atoms with E-state index in [2.05, 4.69) is 35.0 Å². The summed E-state index contributed by atoms with van der Waals surface area (Å²) in [6.45, 7) is 6.25. The number of rotatable bonds is 4. The smallest absolute Gasteiger partial charge is 0.0440 e. The zero-order valence-electron chi connectivity index (χ0n) is 10.1. The van der Waals surface area contributed by atoms with Gasteiger partial charge in [-0.1, -0.05) is 35.0 Å². The van der Waals surface area contributed by atoms with Crippen molar-refractivity contribution in [3.63, 3.8) is 0 Å². The Morgan fingerprint density at radius 3 is 2.38 bits per heavy atom. The summed E-state index contributed by atoms with van der Waals surface area (Å²) in [5, 5.41) is 9.23. The van der Waals surface area contributed by atoms with Crippen molar-refractivity contribution in [3.05, 3.63) is 34.3 Å². The van der Waals surface area contributed by atoms with Crippen molar-refractivity contribution < 1.29 is 5.11 Å². The van der Waals surface area contributed by atoms with E-state index in [1.807, 2.05) is 26.0 Å². The van der Waals surface area contributed by atoms with Gasteiger partial charge in [-0.3, -0.25) is 0 Å². The van der Waals surface area contributed by atoms with E-state index in [0.717, 1.165) is 10.0 Å². The largest absolute Gasteiger partial charge is 0.396 e. The van der Waals surface area contributed by atoms with Crippen molar-refractivity contribution in [2.45, 2.75) is 38.1 Å². The van der Waals surface area contributed by atoms with Crippen LogP contribution in [0.15, 0.2) is 28.7 Å². The number of hydrogen-bond acceptors (Lipinski definition) is 2. The van der Waals surface area contributed by atoms with Crippen molar-refractivity contribution in [3.8, 4) is 0 Å². The molecule has 3 heteroatoms. The van der Waals surface area contributed by atoms with Crippen LogP contribution in [0.3, 0.4) is 0 Å². The van der Waals surface area contributed by atoms with Gasteiger partial charge in [0, 0.05) is 22.0 Å². The number of aliphatic hydroxyl groups excluding tert-OH is 1. The Labute approximate surface area is 106 Å². The van der Waals surface area contributed by atoms with Crippen LogP contribution in [0.1, 0.15) is 32.8 Å². The van der Waals surface area contributed by atoms with Crippen LogP contribution in [-0.4, -0.2) is 17.3 Å². The van der Waals surface area contributed by atoms with E-state index in [1.165, 1.54) is 0 Å². The highest BCUT2D eigenvalue weighted by Crippen LogP contribution is 2.37. The van der Waals surface area contributed by atoms with Gasteiger partial charge in [-0.2, -0.15) is 0 Å². The highest BCUT2D eigenvalue weighted by atomic mass is 79.9. The van der Waals surface area contributed by atoms with E-state index in [0.29, 0.717) is 6.42 Å². The molecule has 0 aromatic heterocycles. The minimum Gasteiger partial charge on any atom is -0.396 e. The molecule has 1 aromatic carbocycles. The van der Waals surface area contributed by atoms with Crippen molar-refractivity contribution in [1.82, 2.24) is 0 Å². The van der Waals surface area contributed by atoms with Gasteiger partial charge in [0.2, 0.25) is 0 Å². The molecule has 16 heavy (non-hydrogen) atoms. The molecule has 0 spiro atoms. The lowest BCUT2D eigenvalue weighted by Gasteiger charge is -2.42. The van der Waals surface area contributed by atoms with Gasteiger partial charge in [0.1, 0.15) is 0 Å². The fourth-order valence-electron chi connectivity index (χ4n) is 1.89. The molecule has 0 radical (unpaired) electrons. The molecule has 1 aromatic rings. The van der Waals surface area contributed by atoms with Crippen LogP contribution in [0.25, 0.3) is 0 Å². The van der Waals surface area contributed by atoms with Crippen molar-refractivity contribution in [1.29, 1.82) is 0 Å². The number of benzene rings is 1. The highest BCUT2D eigenvalue weighted by molar-refractivity contribution is 9.10. The van der Waals surface area contributed by atoms with Gasteiger partial charge in [0.25, 0.3) is 0 Å². The van der Waals surface area contributed by atoms with Crippen LogP contribution in [-0.2, 0) is 5.41 Å². The molecular weight excluding hydrogens is 266 g/mol. The van der Waals surface area contributed by atoms with E-state index < -0.39 is 0 Å². The third kappa shape index (κ3) is 2.65. The molecule has 0 aliphatic heterocycles. The van der Waals surface area contributed by atoms with E-state index in [-0.39, 0.29) is 17.6 Å². The molecule has 0 bridgehead atoms. The fourth-order valence-corrected chi connectivity index (χ4v) is 2.29. The average Bonchev–Trinajstić information content (AvgIpc) is 2.16. The lowest BCUT2D eigenvalue weighted by molar-refractivity contribution is 0.190. The number of hydrogen-bond donors (Lipinski definition) is 2. The lowest BCUT2D eigenvalue weighted by Crippen LogP contribution is -2.52. The Kier molecular flexibility index (Phi) is 4.16. The monoisotopic (exact) mass is 285 g/mol. The normalized spacial score (nSPS) is 15.9. The second-order valence-corrected chi connectivity index (χ2v) is 5.95. The lowest BCUT2D eigenvalue weighted by atomic mass is 9.67. The highest BCUT2D eigenvalue weighted by Gasteiger charge is 2.39. The summed E-state index contributed by atoms with van der Waals surface area (Å²) >= 11 is 3.47. The van der Waals surface area contributed by atoms with Gasteiger partial charge in [-0.05, 0) is 38.0 Å². The minimum absolute atomic E-state index is 0.143. The zero-order valence-corrected chi connectivity index (χ0v) is 11.7. The molecule has 0 aliphatic carbocycles. The molecule has 1 atom stereocenters. The van der Waals surface area contributed by atoms with Gasteiger partial charge in [0.05, 0.1) is 0 Å². The van der Waals surface area contributed by atoms with Gasteiger partial charge in [-0.15, -0.1) is 0 Å². The second kappa shape index (κ2) is 4.86. The summed E-state index contributed by atoms with van der Waals surface area (Å²) in [5.74, 6) is 0. The van der Waals surface area contributed by atoms with Crippen LogP contribution >= 0.6 is 15.9 Å². The summed E-state index contributed by atoms with van der Waals surface area (Å²) in [6.07, 6.45) is 0.660. The first-order valence-electron chi connectivity index (χ1n) is 5.47. The van der Waals surface area contributed by atoms with E-state index >= 15 is 0 Å². The molecule has 90 valence electrons. The molecule has 1 rings (SSSR count). The van der Waals surface area contributed by atoms with Gasteiger partial charge >= 0.3 is 0 Å². The van der Waals surface area contributed by atoms with Crippen molar-refractivity contribution >= 4 is 15.9 Å². The second-order valence-electron chi connectivity index (χ2n) is 5.04. The van der Waals surface area contributed by atoms with Crippen LogP contribution in [0.4, 0.5) is 0 Å². The first-order chi connectivity index (χ1) is 7.31. The first kappa shape index (κ1) is 13.7. The zero-order chi connectivity index (χ0) is 12.4. The molecule has 0 aliphatic rings. The Morgan fingerprint density at radius 2 is 1.94 bits per heavy atom. The summed E-state index contributed by atoms with van der Waals surface area (Å²) in [7, 11) is 0. The SMILES string of the molecule is CC(C)(N)C(C)(CCO)c1cccc(Br)c1.